The highest BCUT2D eigenvalue weighted by molar-refractivity contribution is 6.09. The van der Waals surface area contributed by atoms with E-state index in [1.54, 1.807) is 17.0 Å². The van der Waals surface area contributed by atoms with Gasteiger partial charge in [-0.1, -0.05) is 48.5 Å². The number of ketones is 1. The summed E-state index contributed by atoms with van der Waals surface area (Å²) in [4.78, 5) is 26.1. The second kappa shape index (κ2) is 5.63. The number of anilines is 1. The molecule has 1 unspecified atom stereocenters. The Kier molecular flexibility index (Phi) is 3.78. The Hall–Kier alpha value is -2.46. The summed E-state index contributed by atoms with van der Waals surface area (Å²) in [6.07, 6.45) is -0.201. The van der Waals surface area contributed by atoms with Gasteiger partial charge in [-0.05, 0) is 25.0 Å². The Labute approximate surface area is 135 Å². The summed E-state index contributed by atoms with van der Waals surface area (Å²) in [5, 5.41) is 10.9. The zero-order chi connectivity index (χ0) is 16.6. The van der Waals surface area contributed by atoms with Gasteiger partial charge in [0.2, 0.25) is 0 Å². The van der Waals surface area contributed by atoms with E-state index in [-0.39, 0.29) is 12.2 Å². The van der Waals surface area contributed by atoms with Gasteiger partial charge in [0.05, 0.1) is 12.2 Å². The highest BCUT2D eigenvalue weighted by atomic mass is 16.3. The van der Waals surface area contributed by atoms with Gasteiger partial charge in [-0.3, -0.25) is 9.59 Å². The van der Waals surface area contributed by atoms with Crippen LogP contribution in [0.25, 0.3) is 0 Å². The Morgan fingerprint density at radius 2 is 1.83 bits per heavy atom. The second-order valence-electron chi connectivity index (χ2n) is 6.09. The van der Waals surface area contributed by atoms with Crippen molar-refractivity contribution in [2.75, 3.05) is 4.90 Å². The molecule has 4 heteroatoms. The van der Waals surface area contributed by atoms with Crippen molar-refractivity contribution in [1.29, 1.82) is 0 Å². The number of hydrogen-bond donors (Lipinski definition) is 1. The summed E-state index contributed by atoms with van der Waals surface area (Å²) in [5.74, 6) is -0.643. The normalized spacial score (nSPS) is 19.8. The van der Waals surface area contributed by atoms with E-state index in [4.69, 9.17) is 0 Å². The number of benzene rings is 2. The number of para-hydroxylation sites is 1. The van der Waals surface area contributed by atoms with Gasteiger partial charge >= 0.3 is 0 Å². The number of nitrogens with zero attached hydrogens (tertiary/aromatic N) is 1. The molecule has 0 radical (unpaired) electrons. The molecule has 0 saturated heterocycles. The van der Waals surface area contributed by atoms with Gasteiger partial charge in [0.15, 0.2) is 5.60 Å². The van der Waals surface area contributed by atoms with Crippen LogP contribution in [0.5, 0.6) is 0 Å². The first kappa shape index (κ1) is 15.4. The number of amides is 1. The molecule has 3 rings (SSSR count). The van der Waals surface area contributed by atoms with E-state index in [9.17, 15) is 14.7 Å². The Morgan fingerprint density at radius 1 is 1.13 bits per heavy atom. The molecular weight excluding hydrogens is 290 g/mol. The van der Waals surface area contributed by atoms with Crippen LogP contribution in [0, 0.1) is 6.92 Å². The molecule has 1 amide bonds. The molecule has 1 N–H and O–H groups in total. The SMILES string of the molecule is CC(=O)CC1(O)C(=O)N(Cc2ccccc2)c2c(C)cccc21. The quantitative estimate of drug-likeness (QED) is 0.944. The molecule has 1 aliphatic rings. The van der Waals surface area contributed by atoms with Crippen LogP contribution in [0.1, 0.15) is 30.0 Å². The minimum absolute atomic E-state index is 0.201. The van der Waals surface area contributed by atoms with E-state index in [2.05, 4.69) is 0 Å². The highest BCUT2D eigenvalue weighted by Crippen LogP contribution is 2.44. The van der Waals surface area contributed by atoms with Crippen LogP contribution in [-0.2, 0) is 21.7 Å². The fourth-order valence-corrected chi connectivity index (χ4v) is 3.24. The molecule has 1 heterocycles. The number of aliphatic hydroxyl groups is 1. The second-order valence-corrected chi connectivity index (χ2v) is 6.09. The lowest BCUT2D eigenvalue weighted by Gasteiger charge is -2.22. The van der Waals surface area contributed by atoms with Crippen LogP contribution in [0.2, 0.25) is 0 Å². The molecule has 1 aliphatic heterocycles. The average Bonchev–Trinajstić information content (AvgIpc) is 2.71. The van der Waals surface area contributed by atoms with Crippen molar-refractivity contribution in [3.8, 4) is 0 Å². The summed E-state index contributed by atoms with van der Waals surface area (Å²) < 4.78 is 0. The summed E-state index contributed by atoms with van der Waals surface area (Å²) >= 11 is 0. The first-order valence-corrected chi connectivity index (χ1v) is 7.61. The van der Waals surface area contributed by atoms with E-state index in [1.165, 1.54) is 6.92 Å². The zero-order valence-electron chi connectivity index (χ0n) is 13.2. The standard InChI is InChI=1S/C19H19NO3/c1-13-7-6-10-16-17(13)20(12-15-8-4-3-5-9-15)18(22)19(16,23)11-14(2)21/h3-10,23H,11-12H2,1-2H3. The molecular formula is C19H19NO3. The van der Waals surface area contributed by atoms with Gasteiger partial charge in [0.1, 0.15) is 5.78 Å². The number of aryl methyl sites for hydroxylation is 1. The van der Waals surface area contributed by atoms with Crippen molar-refractivity contribution >= 4 is 17.4 Å². The van der Waals surface area contributed by atoms with Crippen molar-refractivity contribution in [1.82, 2.24) is 0 Å². The fraction of sp³-hybridized carbons (Fsp3) is 0.263. The topological polar surface area (TPSA) is 57.6 Å². The summed E-state index contributed by atoms with van der Waals surface area (Å²) in [5.41, 5.74) is 1.36. The lowest BCUT2D eigenvalue weighted by atomic mass is 9.89. The van der Waals surface area contributed by atoms with Gasteiger partial charge in [0, 0.05) is 12.0 Å². The van der Waals surface area contributed by atoms with Gasteiger partial charge < -0.3 is 10.0 Å². The van der Waals surface area contributed by atoms with E-state index in [0.29, 0.717) is 17.8 Å². The third kappa shape index (κ3) is 2.55. The van der Waals surface area contributed by atoms with E-state index >= 15 is 0 Å². The minimum Gasteiger partial charge on any atom is -0.375 e. The molecule has 0 saturated carbocycles. The maximum Gasteiger partial charge on any atom is 0.264 e. The highest BCUT2D eigenvalue weighted by Gasteiger charge is 2.50. The van der Waals surface area contributed by atoms with Gasteiger partial charge in [-0.25, -0.2) is 0 Å². The fourth-order valence-electron chi connectivity index (χ4n) is 3.24. The smallest absolute Gasteiger partial charge is 0.264 e. The number of fused-ring (bicyclic) bond motifs is 1. The molecule has 4 nitrogen and oxygen atoms in total. The van der Waals surface area contributed by atoms with Crippen molar-refractivity contribution in [3.63, 3.8) is 0 Å². The van der Waals surface area contributed by atoms with Crippen LogP contribution in [0.15, 0.2) is 48.5 Å². The van der Waals surface area contributed by atoms with Crippen molar-refractivity contribution < 1.29 is 14.7 Å². The number of rotatable bonds is 4. The Bertz CT molecular complexity index is 769. The van der Waals surface area contributed by atoms with E-state index in [0.717, 1.165) is 11.1 Å². The van der Waals surface area contributed by atoms with Crippen LogP contribution in [0.3, 0.4) is 0 Å². The molecule has 23 heavy (non-hydrogen) atoms. The van der Waals surface area contributed by atoms with Crippen molar-refractivity contribution in [3.05, 3.63) is 65.2 Å². The Morgan fingerprint density at radius 3 is 2.48 bits per heavy atom. The predicted octanol–water partition coefficient (Wildman–Crippen LogP) is 2.71. The third-order valence-corrected chi connectivity index (χ3v) is 4.24. The van der Waals surface area contributed by atoms with Crippen LogP contribution in [0.4, 0.5) is 5.69 Å². The van der Waals surface area contributed by atoms with Gasteiger partial charge in [-0.15, -0.1) is 0 Å². The number of carbonyl (C=O) groups is 2. The van der Waals surface area contributed by atoms with Gasteiger partial charge in [-0.2, -0.15) is 0 Å². The van der Waals surface area contributed by atoms with Crippen LogP contribution < -0.4 is 4.90 Å². The molecule has 0 aliphatic carbocycles. The maximum absolute atomic E-state index is 12.9. The monoisotopic (exact) mass is 309 g/mol. The molecule has 2 aromatic carbocycles. The van der Waals surface area contributed by atoms with Gasteiger partial charge in [0.25, 0.3) is 5.91 Å². The summed E-state index contributed by atoms with van der Waals surface area (Å²) in [6, 6.07) is 15.1. The maximum atomic E-state index is 12.9. The molecule has 1 atom stereocenters. The average molecular weight is 309 g/mol. The molecule has 2 aromatic rings. The minimum atomic E-state index is -1.76. The number of hydrogen-bond acceptors (Lipinski definition) is 3. The Balaban J connectivity index is 2.09. The zero-order valence-corrected chi connectivity index (χ0v) is 13.2. The third-order valence-electron chi connectivity index (χ3n) is 4.24. The largest absolute Gasteiger partial charge is 0.375 e. The molecule has 0 spiro atoms. The summed E-state index contributed by atoms with van der Waals surface area (Å²) in [7, 11) is 0. The number of Topliss-reactive ketones (excluding diaryl/α,β-unsaturated/α-hetero) is 1. The lowest BCUT2D eigenvalue weighted by Crippen LogP contribution is -2.41. The van der Waals surface area contributed by atoms with Crippen molar-refractivity contribution in [2.24, 2.45) is 0 Å². The van der Waals surface area contributed by atoms with Crippen LogP contribution >= 0.6 is 0 Å². The first-order valence-electron chi connectivity index (χ1n) is 7.61. The number of carbonyl (C=O) groups excluding carboxylic acids is 2. The molecule has 118 valence electrons. The molecule has 0 bridgehead atoms. The molecule has 0 aromatic heterocycles. The van der Waals surface area contributed by atoms with Crippen molar-refractivity contribution in [2.45, 2.75) is 32.4 Å². The van der Waals surface area contributed by atoms with Crippen LogP contribution in [-0.4, -0.2) is 16.8 Å². The van der Waals surface area contributed by atoms with E-state index < -0.39 is 11.5 Å². The summed E-state index contributed by atoms with van der Waals surface area (Å²) in [6.45, 7) is 3.67. The lowest BCUT2D eigenvalue weighted by molar-refractivity contribution is -0.141. The molecule has 0 fully saturated rings. The first-order chi connectivity index (χ1) is 10.9. The predicted molar refractivity (Wildman–Crippen MR) is 88.0 cm³/mol. The van der Waals surface area contributed by atoms with E-state index in [1.807, 2.05) is 43.3 Å².